The first-order chi connectivity index (χ1) is 9.85. The molecule has 2 heteroatoms. The van der Waals surface area contributed by atoms with Gasteiger partial charge in [-0.25, -0.2) is 0 Å². The summed E-state index contributed by atoms with van der Waals surface area (Å²) in [6.45, 7) is 3.40. The highest BCUT2D eigenvalue weighted by molar-refractivity contribution is 5.31. The molecule has 2 atom stereocenters. The molecule has 3 rings (SSSR count). The number of nitrogens with one attached hydrogen (secondary N) is 1. The second-order valence-electron chi connectivity index (χ2n) is 6.40. The van der Waals surface area contributed by atoms with E-state index in [1.165, 1.54) is 50.5 Å². The molecule has 1 N–H and O–H groups in total. The molecule has 2 fully saturated rings. The Hall–Kier alpha value is -1.02. The quantitative estimate of drug-likeness (QED) is 0.836. The lowest BCUT2D eigenvalue weighted by Gasteiger charge is -2.30. The minimum atomic E-state index is 0.496. The zero-order valence-electron chi connectivity index (χ0n) is 12.6. The van der Waals surface area contributed by atoms with Crippen molar-refractivity contribution in [3.8, 4) is 5.75 Å². The summed E-state index contributed by atoms with van der Waals surface area (Å²) in [6.07, 6.45) is 9.49. The van der Waals surface area contributed by atoms with E-state index in [2.05, 4.69) is 36.5 Å². The molecule has 0 aromatic heterocycles. The Labute approximate surface area is 122 Å². The Balaban J connectivity index is 1.61. The maximum absolute atomic E-state index is 5.93. The maximum Gasteiger partial charge on any atom is 0.119 e. The predicted molar refractivity (Wildman–Crippen MR) is 83.4 cm³/mol. The molecule has 0 saturated heterocycles. The van der Waals surface area contributed by atoms with Gasteiger partial charge in [0.25, 0.3) is 0 Å². The molecular formula is C18H27NO. The molecule has 0 bridgehead atoms. The largest absolute Gasteiger partial charge is 0.490 e. The number of hydrogen-bond donors (Lipinski definition) is 1. The fraction of sp³-hybridized carbons (Fsp3) is 0.667. The second-order valence-corrected chi connectivity index (χ2v) is 6.40. The topological polar surface area (TPSA) is 21.3 Å². The van der Waals surface area contributed by atoms with Gasteiger partial charge in [0.2, 0.25) is 0 Å². The third kappa shape index (κ3) is 3.76. The zero-order chi connectivity index (χ0) is 13.8. The molecule has 2 nitrogen and oxygen atoms in total. The smallest absolute Gasteiger partial charge is 0.119 e. The van der Waals surface area contributed by atoms with Gasteiger partial charge in [0.15, 0.2) is 0 Å². The van der Waals surface area contributed by atoms with Gasteiger partial charge in [-0.15, -0.1) is 0 Å². The molecule has 0 heterocycles. The van der Waals surface area contributed by atoms with Crippen LogP contribution >= 0.6 is 0 Å². The van der Waals surface area contributed by atoms with Crippen molar-refractivity contribution in [2.75, 3.05) is 6.54 Å². The molecule has 2 aliphatic carbocycles. The highest BCUT2D eigenvalue weighted by Crippen LogP contribution is 2.35. The molecule has 0 radical (unpaired) electrons. The van der Waals surface area contributed by atoms with Crippen LogP contribution in [0.2, 0.25) is 0 Å². The van der Waals surface area contributed by atoms with Crippen molar-refractivity contribution in [3.63, 3.8) is 0 Å². The molecule has 1 aromatic carbocycles. The van der Waals surface area contributed by atoms with Gasteiger partial charge in [-0.1, -0.05) is 25.5 Å². The molecule has 2 unspecified atom stereocenters. The third-order valence-electron chi connectivity index (χ3n) is 4.51. The standard InChI is InChI=1S/C18H27NO/c1-2-11-19-16-7-3-5-14(12-16)15-6-4-8-18(13-15)20-17-9-10-17/h4,6,8,13-14,16-17,19H,2-3,5,7,9-12H2,1H3. The van der Waals surface area contributed by atoms with E-state index in [4.69, 9.17) is 4.74 Å². The first kappa shape index (κ1) is 13.9. The van der Waals surface area contributed by atoms with Gasteiger partial charge in [-0.3, -0.25) is 0 Å². The van der Waals surface area contributed by atoms with Gasteiger partial charge < -0.3 is 10.1 Å². The number of ether oxygens (including phenoxy) is 1. The van der Waals surface area contributed by atoms with Crippen molar-refractivity contribution >= 4 is 0 Å². The van der Waals surface area contributed by atoms with Crippen LogP contribution in [0.15, 0.2) is 24.3 Å². The molecule has 0 spiro atoms. The van der Waals surface area contributed by atoms with Gasteiger partial charge in [0, 0.05) is 6.04 Å². The highest BCUT2D eigenvalue weighted by atomic mass is 16.5. The van der Waals surface area contributed by atoms with Crippen LogP contribution in [0.1, 0.15) is 63.4 Å². The average Bonchev–Trinajstić information content (AvgIpc) is 3.30. The summed E-state index contributed by atoms with van der Waals surface area (Å²) in [5.74, 6) is 1.79. The van der Waals surface area contributed by atoms with Crippen molar-refractivity contribution in [1.29, 1.82) is 0 Å². The SMILES string of the molecule is CCCNC1CCCC(c2cccc(OC3CC3)c2)C1. The van der Waals surface area contributed by atoms with Crippen LogP contribution in [0.4, 0.5) is 0 Å². The van der Waals surface area contributed by atoms with Gasteiger partial charge in [0.05, 0.1) is 6.10 Å². The first-order valence-corrected chi connectivity index (χ1v) is 8.35. The zero-order valence-corrected chi connectivity index (χ0v) is 12.6. The minimum absolute atomic E-state index is 0.496. The molecule has 0 amide bonds. The molecule has 2 saturated carbocycles. The lowest BCUT2D eigenvalue weighted by molar-refractivity contribution is 0.301. The Kier molecular flexibility index (Phi) is 4.62. The van der Waals surface area contributed by atoms with Crippen molar-refractivity contribution in [2.45, 2.75) is 69.9 Å². The number of benzene rings is 1. The molecule has 110 valence electrons. The van der Waals surface area contributed by atoms with E-state index in [9.17, 15) is 0 Å². The van der Waals surface area contributed by atoms with E-state index in [1.807, 2.05) is 0 Å². The highest BCUT2D eigenvalue weighted by Gasteiger charge is 2.25. The van der Waals surface area contributed by atoms with Crippen LogP contribution in [-0.4, -0.2) is 18.7 Å². The summed E-state index contributed by atoms with van der Waals surface area (Å²) in [5, 5.41) is 3.70. The maximum atomic E-state index is 5.93. The fourth-order valence-electron chi connectivity index (χ4n) is 3.25. The van der Waals surface area contributed by atoms with Crippen LogP contribution in [-0.2, 0) is 0 Å². The fourth-order valence-corrected chi connectivity index (χ4v) is 3.25. The second kappa shape index (κ2) is 6.62. The van der Waals surface area contributed by atoms with E-state index in [0.29, 0.717) is 18.1 Å². The number of hydrogen-bond acceptors (Lipinski definition) is 2. The average molecular weight is 273 g/mol. The molecular weight excluding hydrogens is 246 g/mol. The van der Waals surface area contributed by atoms with Crippen molar-refractivity contribution in [3.05, 3.63) is 29.8 Å². The van der Waals surface area contributed by atoms with Gasteiger partial charge in [-0.05, 0) is 68.7 Å². The summed E-state index contributed by atoms with van der Waals surface area (Å²) < 4.78 is 5.93. The molecule has 1 aromatic rings. The first-order valence-electron chi connectivity index (χ1n) is 8.35. The Morgan fingerprint density at radius 2 is 2.10 bits per heavy atom. The van der Waals surface area contributed by atoms with E-state index < -0.39 is 0 Å². The van der Waals surface area contributed by atoms with E-state index in [-0.39, 0.29) is 0 Å². The van der Waals surface area contributed by atoms with Crippen molar-refractivity contribution in [2.24, 2.45) is 0 Å². The van der Waals surface area contributed by atoms with E-state index in [0.717, 1.165) is 12.3 Å². The molecule has 0 aliphatic heterocycles. The van der Waals surface area contributed by atoms with Crippen LogP contribution in [0.5, 0.6) is 5.75 Å². The van der Waals surface area contributed by atoms with Gasteiger partial charge in [0.1, 0.15) is 5.75 Å². The summed E-state index contributed by atoms with van der Waals surface area (Å²) >= 11 is 0. The molecule has 20 heavy (non-hydrogen) atoms. The molecule has 2 aliphatic rings. The van der Waals surface area contributed by atoms with Crippen LogP contribution in [0.3, 0.4) is 0 Å². The Bertz CT molecular complexity index is 427. The van der Waals surface area contributed by atoms with Gasteiger partial charge >= 0.3 is 0 Å². The van der Waals surface area contributed by atoms with Crippen LogP contribution in [0.25, 0.3) is 0 Å². The monoisotopic (exact) mass is 273 g/mol. The van der Waals surface area contributed by atoms with Crippen LogP contribution < -0.4 is 10.1 Å². The van der Waals surface area contributed by atoms with Crippen molar-refractivity contribution < 1.29 is 4.74 Å². The predicted octanol–water partition coefficient (Wildman–Crippen LogP) is 4.25. The Morgan fingerprint density at radius 3 is 2.90 bits per heavy atom. The number of rotatable bonds is 6. The van der Waals surface area contributed by atoms with Gasteiger partial charge in [-0.2, -0.15) is 0 Å². The summed E-state index contributed by atoms with van der Waals surface area (Å²) in [7, 11) is 0. The van der Waals surface area contributed by atoms with Crippen LogP contribution in [0, 0.1) is 0 Å². The van der Waals surface area contributed by atoms with Crippen molar-refractivity contribution in [1.82, 2.24) is 5.32 Å². The minimum Gasteiger partial charge on any atom is -0.490 e. The van der Waals surface area contributed by atoms with E-state index in [1.54, 1.807) is 0 Å². The lowest BCUT2D eigenvalue weighted by Crippen LogP contribution is -2.34. The lowest BCUT2D eigenvalue weighted by atomic mass is 9.81. The summed E-state index contributed by atoms with van der Waals surface area (Å²) in [4.78, 5) is 0. The summed E-state index contributed by atoms with van der Waals surface area (Å²) in [6, 6.07) is 9.55. The van der Waals surface area contributed by atoms with E-state index >= 15 is 0 Å². The Morgan fingerprint density at radius 1 is 1.20 bits per heavy atom. The third-order valence-corrected chi connectivity index (χ3v) is 4.51. The normalized spacial score (nSPS) is 26.4. The summed E-state index contributed by atoms with van der Waals surface area (Å²) in [5.41, 5.74) is 1.48.